The highest BCUT2D eigenvalue weighted by Crippen LogP contribution is 2.03. The topological polar surface area (TPSA) is 38.8 Å². The molecule has 64 valence electrons. The average Bonchev–Trinajstić information content (AvgIpc) is 2.03. The van der Waals surface area contributed by atoms with Crippen molar-refractivity contribution < 1.29 is 14.3 Å². The molecule has 1 saturated heterocycles. The number of carbonyl (C=O) groups is 1. The van der Waals surface area contributed by atoms with E-state index in [0.29, 0.717) is 19.8 Å². The molecule has 4 heteroatoms. The quantitative estimate of drug-likeness (QED) is 0.601. The molecule has 1 aliphatic rings. The lowest BCUT2D eigenvalue weighted by atomic mass is 10.4. The first-order valence-corrected chi connectivity index (χ1v) is 3.75. The number of rotatable bonds is 3. The minimum atomic E-state index is -0.215. The number of hydrogen-bond donors (Lipinski definition) is 0. The summed E-state index contributed by atoms with van der Waals surface area (Å²) in [6.45, 7) is 2.56. The van der Waals surface area contributed by atoms with Crippen molar-refractivity contribution in [1.29, 1.82) is 0 Å². The maximum absolute atomic E-state index is 10.9. The van der Waals surface area contributed by atoms with Gasteiger partial charge in [0.1, 0.15) is 0 Å². The Kier molecular flexibility index (Phi) is 3.16. The number of carbonyl (C=O) groups excluding carboxylic acids is 1. The summed E-state index contributed by atoms with van der Waals surface area (Å²) < 4.78 is 9.66. The first-order chi connectivity index (χ1) is 5.34. The number of methoxy groups -OCH3 is 1. The lowest BCUT2D eigenvalue weighted by molar-refractivity contribution is 0.0603. The van der Waals surface area contributed by atoms with Crippen LogP contribution in [-0.2, 0) is 9.47 Å². The zero-order valence-electron chi connectivity index (χ0n) is 6.71. The van der Waals surface area contributed by atoms with Gasteiger partial charge in [-0.15, -0.1) is 0 Å². The minimum Gasteiger partial charge on any atom is -0.449 e. The van der Waals surface area contributed by atoms with E-state index in [1.54, 1.807) is 12.0 Å². The Morgan fingerprint density at radius 2 is 2.55 bits per heavy atom. The fourth-order valence-corrected chi connectivity index (χ4v) is 1.00. The predicted molar refractivity (Wildman–Crippen MR) is 39.4 cm³/mol. The molecule has 0 atom stereocenters. The second kappa shape index (κ2) is 4.18. The SMILES string of the molecule is COCCN1CCCOC1=O. The summed E-state index contributed by atoms with van der Waals surface area (Å²) in [5, 5.41) is 0. The summed E-state index contributed by atoms with van der Waals surface area (Å²) >= 11 is 0. The van der Waals surface area contributed by atoms with E-state index in [4.69, 9.17) is 9.47 Å². The molecule has 1 amide bonds. The van der Waals surface area contributed by atoms with Crippen LogP contribution in [0.25, 0.3) is 0 Å². The smallest absolute Gasteiger partial charge is 0.409 e. The van der Waals surface area contributed by atoms with Crippen molar-refractivity contribution in [3.8, 4) is 0 Å². The lowest BCUT2D eigenvalue weighted by Gasteiger charge is -2.25. The molecule has 0 radical (unpaired) electrons. The molecule has 0 aromatic heterocycles. The largest absolute Gasteiger partial charge is 0.449 e. The zero-order valence-corrected chi connectivity index (χ0v) is 6.71. The molecular weight excluding hydrogens is 146 g/mol. The van der Waals surface area contributed by atoms with Crippen molar-refractivity contribution in [1.82, 2.24) is 4.90 Å². The molecule has 0 bridgehead atoms. The average molecular weight is 159 g/mol. The van der Waals surface area contributed by atoms with Gasteiger partial charge in [0.25, 0.3) is 0 Å². The highest BCUT2D eigenvalue weighted by molar-refractivity contribution is 5.68. The fourth-order valence-electron chi connectivity index (χ4n) is 1.00. The zero-order chi connectivity index (χ0) is 8.10. The first-order valence-electron chi connectivity index (χ1n) is 3.75. The van der Waals surface area contributed by atoms with Crippen molar-refractivity contribution >= 4 is 6.09 Å². The van der Waals surface area contributed by atoms with Gasteiger partial charge in [0, 0.05) is 20.2 Å². The fraction of sp³-hybridized carbons (Fsp3) is 0.857. The van der Waals surface area contributed by atoms with Crippen molar-refractivity contribution in [2.45, 2.75) is 6.42 Å². The molecule has 0 unspecified atom stereocenters. The molecule has 0 saturated carbocycles. The number of amides is 1. The number of nitrogens with zero attached hydrogens (tertiary/aromatic N) is 1. The Balaban J connectivity index is 2.24. The molecule has 1 heterocycles. The number of ether oxygens (including phenoxy) is 2. The summed E-state index contributed by atoms with van der Waals surface area (Å²) in [7, 11) is 1.62. The Morgan fingerprint density at radius 3 is 3.18 bits per heavy atom. The van der Waals surface area contributed by atoms with Gasteiger partial charge in [-0.1, -0.05) is 0 Å². The molecule has 0 spiro atoms. The highest BCUT2D eigenvalue weighted by atomic mass is 16.6. The van der Waals surface area contributed by atoms with Gasteiger partial charge in [0.05, 0.1) is 13.2 Å². The summed E-state index contributed by atoms with van der Waals surface area (Å²) in [5.74, 6) is 0. The molecule has 0 aliphatic carbocycles. The third-order valence-electron chi connectivity index (χ3n) is 1.62. The van der Waals surface area contributed by atoms with Crippen LogP contribution in [0, 0.1) is 0 Å². The Bertz CT molecular complexity index is 138. The summed E-state index contributed by atoms with van der Waals surface area (Å²) in [4.78, 5) is 12.6. The van der Waals surface area contributed by atoms with Gasteiger partial charge in [-0.3, -0.25) is 0 Å². The third-order valence-corrected chi connectivity index (χ3v) is 1.62. The van der Waals surface area contributed by atoms with Crippen LogP contribution in [-0.4, -0.2) is 44.4 Å². The second-order valence-corrected chi connectivity index (χ2v) is 2.45. The van der Waals surface area contributed by atoms with E-state index in [1.165, 1.54) is 0 Å². The summed E-state index contributed by atoms with van der Waals surface area (Å²) in [5.41, 5.74) is 0. The van der Waals surface area contributed by atoms with Gasteiger partial charge in [-0.25, -0.2) is 4.79 Å². The van der Waals surface area contributed by atoms with Crippen molar-refractivity contribution in [2.75, 3.05) is 33.4 Å². The normalized spacial score (nSPS) is 18.3. The van der Waals surface area contributed by atoms with Gasteiger partial charge >= 0.3 is 6.09 Å². The molecule has 1 fully saturated rings. The summed E-state index contributed by atoms with van der Waals surface area (Å²) in [6, 6.07) is 0. The van der Waals surface area contributed by atoms with E-state index in [2.05, 4.69) is 0 Å². The van der Waals surface area contributed by atoms with Gasteiger partial charge < -0.3 is 14.4 Å². The molecular formula is C7H13NO3. The Hall–Kier alpha value is -0.770. The number of hydrogen-bond acceptors (Lipinski definition) is 3. The van der Waals surface area contributed by atoms with Crippen LogP contribution in [0.3, 0.4) is 0 Å². The van der Waals surface area contributed by atoms with E-state index >= 15 is 0 Å². The van der Waals surface area contributed by atoms with Crippen LogP contribution >= 0.6 is 0 Å². The van der Waals surface area contributed by atoms with Crippen molar-refractivity contribution in [2.24, 2.45) is 0 Å². The van der Waals surface area contributed by atoms with Crippen LogP contribution in [0.5, 0.6) is 0 Å². The highest BCUT2D eigenvalue weighted by Gasteiger charge is 2.18. The van der Waals surface area contributed by atoms with Crippen LogP contribution in [0.4, 0.5) is 4.79 Å². The molecule has 11 heavy (non-hydrogen) atoms. The van der Waals surface area contributed by atoms with E-state index in [1.807, 2.05) is 0 Å². The van der Waals surface area contributed by atoms with Gasteiger partial charge in [0.2, 0.25) is 0 Å². The maximum Gasteiger partial charge on any atom is 0.409 e. The molecule has 0 N–H and O–H groups in total. The van der Waals surface area contributed by atoms with E-state index in [0.717, 1.165) is 13.0 Å². The van der Waals surface area contributed by atoms with Crippen LogP contribution < -0.4 is 0 Å². The van der Waals surface area contributed by atoms with E-state index in [9.17, 15) is 4.79 Å². The first kappa shape index (κ1) is 8.33. The standard InChI is InChI=1S/C7H13NO3/c1-10-6-4-8-3-2-5-11-7(8)9/h2-6H2,1H3. The molecule has 1 rings (SSSR count). The van der Waals surface area contributed by atoms with E-state index < -0.39 is 0 Å². The van der Waals surface area contributed by atoms with Gasteiger partial charge in [0.15, 0.2) is 0 Å². The number of cyclic esters (lactones) is 1. The summed E-state index contributed by atoms with van der Waals surface area (Å²) in [6.07, 6.45) is 0.712. The van der Waals surface area contributed by atoms with Gasteiger partial charge in [-0.05, 0) is 6.42 Å². The van der Waals surface area contributed by atoms with Crippen molar-refractivity contribution in [3.05, 3.63) is 0 Å². The second-order valence-electron chi connectivity index (χ2n) is 2.45. The minimum absolute atomic E-state index is 0.215. The molecule has 0 aromatic carbocycles. The lowest BCUT2D eigenvalue weighted by Crippen LogP contribution is -2.39. The maximum atomic E-state index is 10.9. The predicted octanol–water partition coefficient (Wildman–Crippen LogP) is 0.475. The van der Waals surface area contributed by atoms with Crippen LogP contribution in [0.2, 0.25) is 0 Å². The van der Waals surface area contributed by atoms with Crippen molar-refractivity contribution in [3.63, 3.8) is 0 Å². The third kappa shape index (κ3) is 2.38. The Morgan fingerprint density at radius 1 is 1.73 bits per heavy atom. The Labute approximate surface area is 66.1 Å². The van der Waals surface area contributed by atoms with Gasteiger partial charge in [-0.2, -0.15) is 0 Å². The molecule has 0 aromatic rings. The molecule has 1 aliphatic heterocycles. The van der Waals surface area contributed by atoms with Crippen LogP contribution in [0.15, 0.2) is 0 Å². The monoisotopic (exact) mass is 159 g/mol. The van der Waals surface area contributed by atoms with E-state index in [-0.39, 0.29) is 6.09 Å². The van der Waals surface area contributed by atoms with Crippen LogP contribution in [0.1, 0.15) is 6.42 Å². The molecule has 4 nitrogen and oxygen atoms in total.